The fourth-order valence-electron chi connectivity index (χ4n) is 4.16. The fraction of sp³-hybridized carbons (Fsp3) is 0.565. The zero-order valence-corrected chi connectivity index (χ0v) is 17.3. The standard InChI is InChI=1S/C23H32N2O3/c1-16-19(24-20-9-5-4-8-18(20)22(16)27)10-6-7-17-11-13-25(14-12-17)21(26)15-23(2,3)28/h4-5,8-9,17,28H,6-7,10-15H2,1-3H3,(H,24,27). The summed E-state index contributed by atoms with van der Waals surface area (Å²) in [6.45, 7) is 6.83. The molecule has 1 aliphatic rings. The Morgan fingerprint density at radius 1 is 1.25 bits per heavy atom. The molecule has 0 aliphatic carbocycles. The van der Waals surface area contributed by atoms with Gasteiger partial charge < -0.3 is 15.0 Å². The van der Waals surface area contributed by atoms with E-state index in [1.807, 2.05) is 36.1 Å². The van der Waals surface area contributed by atoms with Crippen molar-refractivity contribution in [3.63, 3.8) is 0 Å². The molecule has 1 amide bonds. The molecule has 0 unspecified atom stereocenters. The number of nitrogens with one attached hydrogen (secondary N) is 1. The van der Waals surface area contributed by atoms with Crippen LogP contribution in [-0.4, -0.2) is 39.6 Å². The van der Waals surface area contributed by atoms with Gasteiger partial charge in [-0.2, -0.15) is 0 Å². The second-order valence-corrected chi connectivity index (χ2v) is 8.81. The smallest absolute Gasteiger partial charge is 0.225 e. The molecule has 0 radical (unpaired) electrons. The predicted octanol–water partition coefficient (Wildman–Crippen LogP) is 3.56. The number of hydrogen-bond donors (Lipinski definition) is 2. The summed E-state index contributed by atoms with van der Waals surface area (Å²) in [6, 6.07) is 7.68. The highest BCUT2D eigenvalue weighted by Gasteiger charge is 2.26. The number of hydrogen-bond acceptors (Lipinski definition) is 3. The number of pyridine rings is 1. The van der Waals surface area contributed by atoms with E-state index in [1.165, 1.54) is 0 Å². The van der Waals surface area contributed by atoms with E-state index in [9.17, 15) is 14.7 Å². The minimum Gasteiger partial charge on any atom is -0.390 e. The molecule has 2 aromatic rings. The molecule has 0 atom stereocenters. The van der Waals surface area contributed by atoms with Crippen molar-refractivity contribution >= 4 is 16.8 Å². The number of aromatic amines is 1. The van der Waals surface area contributed by atoms with Crippen molar-refractivity contribution in [2.45, 2.75) is 64.9 Å². The van der Waals surface area contributed by atoms with Gasteiger partial charge >= 0.3 is 0 Å². The number of piperidine rings is 1. The molecule has 0 saturated carbocycles. The number of likely N-dealkylation sites (tertiary alicyclic amines) is 1. The number of para-hydroxylation sites is 1. The van der Waals surface area contributed by atoms with Gasteiger partial charge in [0.05, 0.1) is 12.0 Å². The third-order valence-electron chi connectivity index (χ3n) is 5.84. The minimum atomic E-state index is -0.942. The van der Waals surface area contributed by atoms with Crippen LogP contribution in [-0.2, 0) is 11.2 Å². The van der Waals surface area contributed by atoms with Crippen LogP contribution in [0.3, 0.4) is 0 Å². The van der Waals surface area contributed by atoms with E-state index < -0.39 is 5.60 Å². The van der Waals surface area contributed by atoms with Crippen molar-refractivity contribution in [2.75, 3.05) is 13.1 Å². The van der Waals surface area contributed by atoms with E-state index in [4.69, 9.17) is 0 Å². The van der Waals surface area contributed by atoms with Gasteiger partial charge in [-0.05, 0) is 70.9 Å². The van der Waals surface area contributed by atoms with Gasteiger partial charge in [0, 0.05) is 35.2 Å². The first kappa shape index (κ1) is 20.6. The highest BCUT2D eigenvalue weighted by molar-refractivity contribution is 5.79. The number of H-pyrrole nitrogens is 1. The van der Waals surface area contributed by atoms with E-state index in [2.05, 4.69) is 4.98 Å². The number of rotatable bonds is 6. The van der Waals surface area contributed by atoms with Gasteiger partial charge in [-0.1, -0.05) is 12.1 Å². The highest BCUT2D eigenvalue weighted by Crippen LogP contribution is 2.24. The molecule has 2 N–H and O–H groups in total. The van der Waals surface area contributed by atoms with Gasteiger partial charge in [-0.25, -0.2) is 0 Å². The predicted molar refractivity (Wildman–Crippen MR) is 112 cm³/mol. The lowest BCUT2D eigenvalue weighted by atomic mass is 9.90. The summed E-state index contributed by atoms with van der Waals surface area (Å²) < 4.78 is 0. The van der Waals surface area contributed by atoms with Gasteiger partial charge in [0.25, 0.3) is 0 Å². The van der Waals surface area contributed by atoms with Crippen LogP contribution in [0.25, 0.3) is 10.9 Å². The number of carbonyl (C=O) groups is 1. The quantitative estimate of drug-likeness (QED) is 0.800. The second kappa shape index (κ2) is 8.48. The molecule has 1 aromatic heterocycles. The van der Waals surface area contributed by atoms with Crippen molar-refractivity contribution in [3.8, 4) is 0 Å². The number of aryl methyl sites for hydroxylation is 1. The molecule has 2 heterocycles. The lowest BCUT2D eigenvalue weighted by Crippen LogP contribution is -2.41. The molecule has 3 rings (SSSR count). The maximum atomic E-state index is 12.5. The number of nitrogens with zero attached hydrogens (tertiary/aromatic N) is 1. The molecule has 1 saturated heterocycles. The lowest BCUT2D eigenvalue weighted by molar-refractivity contribution is -0.136. The molecule has 28 heavy (non-hydrogen) atoms. The normalized spacial score (nSPS) is 15.9. The van der Waals surface area contributed by atoms with E-state index >= 15 is 0 Å². The molecule has 5 nitrogen and oxygen atoms in total. The monoisotopic (exact) mass is 384 g/mol. The van der Waals surface area contributed by atoms with E-state index in [0.717, 1.165) is 67.4 Å². The Kier molecular flexibility index (Phi) is 6.23. The Morgan fingerprint density at radius 2 is 1.93 bits per heavy atom. The summed E-state index contributed by atoms with van der Waals surface area (Å²) in [5.41, 5.74) is 1.96. The van der Waals surface area contributed by atoms with Crippen molar-refractivity contribution < 1.29 is 9.90 Å². The first-order valence-corrected chi connectivity index (χ1v) is 10.4. The average molecular weight is 385 g/mol. The SMILES string of the molecule is Cc1c(CCCC2CCN(C(=O)CC(C)(C)O)CC2)[nH]c2ccccc2c1=O. The molecule has 1 fully saturated rings. The van der Waals surface area contributed by atoms with Gasteiger partial charge in [0.2, 0.25) is 5.91 Å². The molecule has 5 heteroatoms. The van der Waals surface area contributed by atoms with Crippen LogP contribution in [0.5, 0.6) is 0 Å². The zero-order valence-electron chi connectivity index (χ0n) is 17.3. The van der Waals surface area contributed by atoms with E-state index in [-0.39, 0.29) is 17.8 Å². The highest BCUT2D eigenvalue weighted by atomic mass is 16.3. The Bertz CT molecular complexity index is 887. The van der Waals surface area contributed by atoms with Crippen molar-refractivity contribution in [1.82, 2.24) is 9.88 Å². The van der Waals surface area contributed by atoms with Crippen molar-refractivity contribution in [1.29, 1.82) is 0 Å². The Balaban J connectivity index is 1.50. The summed E-state index contributed by atoms with van der Waals surface area (Å²) in [6.07, 6.45) is 5.25. The van der Waals surface area contributed by atoms with Crippen LogP contribution in [0.15, 0.2) is 29.1 Å². The Labute approximate surface area is 166 Å². The number of benzene rings is 1. The van der Waals surface area contributed by atoms with Gasteiger partial charge in [0.1, 0.15) is 0 Å². The maximum Gasteiger partial charge on any atom is 0.225 e. The maximum absolute atomic E-state index is 12.5. The van der Waals surface area contributed by atoms with Gasteiger partial charge in [0.15, 0.2) is 5.43 Å². The summed E-state index contributed by atoms with van der Waals surface area (Å²) in [4.78, 5) is 30.1. The second-order valence-electron chi connectivity index (χ2n) is 8.81. The number of aliphatic hydroxyl groups is 1. The number of amides is 1. The first-order chi connectivity index (χ1) is 13.2. The lowest BCUT2D eigenvalue weighted by Gasteiger charge is -2.33. The average Bonchev–Trinajstić information content (AvgIpc) is 2.65. The Morgan fingerprint density at radius 3 is 2.61 bits per heavy atom. The van der Waals surface area contributed by atoms with Crippen LogP contribution in [0.2, 0.25) is 0 Å². The third kappa shape index (κ3) is 5.02. The zero-order chi connectivity index (χ0) is 20.3. The van der Waals surface area contributed by atoms with Crippen molar-refractivity contribution in [2.24, 2.45) is 5.92 Å². The number of fused-ring (bicyclic) bond motifs is 1. The number of carbonyl (C=O) groups excluding carboxylic acids is 1. The van der Waals surface area contributed by atoms with Gasteiger partial charge in [-0.15, -0.1) is 0 Å². The van der Waals surface area contributed by atoms with Crippen molar-refractivity contribution in [3.05, 3.63) is 45.7 Å². The van der Waals surface area contributed by atoms with Crippen LogP contribution in [0.4, 0.5) is 0 Å². The van der Waals surface area contributed by atoms with Crippen LogP contribution >= 0.6 is 0 Å². The topological polar surface area (TPSA) is 73.4 Å². The molecule has 1 aliphatic heterocycles. The van der Waals surface area contributed by atoms with Gasteiger partial charge in [-0.3, -0.25) is 9.59 Å². The fourth-order valence-corrected chi connectivity index (χ4v) is 4.16. The Hall–Kier alpha value is -2.14. The van der Waals surface area contributed by atoms with Crippen LogP contribution in [0.1, 0.15) is 57.2 Å². The van der Waals surface area contributed by atoms with Crippen LogP contribution in [0, 0.1) is 12.8 Å². The van der Waals surface area contributed by atoms with E-state index in [1.54, 1.807) is 13.8 Å². The first-order valence-electron chi connectivity index (χ1n) is 10.4. The van der Waals surface area contributed by atoms with E-state index in [0.29, 0.717) is 5.92 Å². The molecule has 0 bridgehead atoms. The molecular formula is C23H32N2O3. The molecular weight excluding hydrogens is 352 g/mol. The summed E-state index contributed by atoms with van der Waals surface area (Å²) in [5.74, 6) is 0.675. The summed E-state index contributed by atoms with van der Waals surface area (Å²) in [7, 11) is 0. The largest absolute Gasteiger partial charge is 0.390 e. The minimum absolute atomic E-state index is 0.0512. The molecule has 152 valence electrons. The number of aromatic nitrogens is 1. The van der Waals surface area contributed by atoms with Crippen LogP contribution < -0.4 is 5.43 Å². The summed E-state index contributed by atoms with van der Waals surface area (Å²) >= 11 is 0. The third-order valence-corrected chi connectivity index (χ3v) is 5.84. The molecule has 1 aromatic carbocycles. The molecule has 0 spiro atoms. The summed E-state index contributed by atoms with van der Waals surface area (Å²) in [5, 5.41) is 10.6.